The highest BCUT2D eigenvalue weighted by Crippen LogP contribution is 2.19. The zero-order chi connectivity index (χ0) is 15.2. The monoisotopic (exact) mass is 309 g/mol. The molecule has 2 rings (SSSR count). The van der Waals surface area contributed by atoms with Gasteiger partial charge in [0.05, 0.1) is 0 Å². The van der Waals surface area contributed by atoms with Crippen molar-refractivity contribution in [2.75, 3.05) is 11.1 Å². The molecule has 2 aromatic rings. The fraction of sp³-hybridized carbons (Fsp3) is 0.154. The van der Waals surface area contributed by atoms with E-state index in [9.17, 15) is 14.0 Å². The van der Waals surface area contributed by atoms with Gasteiger partial charge in [0.15, 0.2) is 5.82 Å². The second-order valence-corrected chi connectivity index (χ2v) is 5.24. The number of nitrogens with one attached hydrogen (secondary N) is 2. The van der Waals surface area contributed by atoms with Crippen LogP contribution in [0.5, 0.6) is 0 Å². The number of halogens is 1. The van der Waals surface area contributed by atoms with Crippen LogP contribution in [0.2, 0.25) is 0 Å². The van der Waals surface area contributed by atoms with E-state index in [1.54, 1.807) is 12.1 Å². The number of rotatable bonds is 6. The Bertz CT molecular complexity index is 642. The number of H-pyrrole nitrogens is 1. The first-order valence-corrected chi connectivity index (χ1v) is 7.00. The molecule has 0 fully saturated rings. The second-order valence-electron chi connectivity index (χ2n) is 4.07. The van der Waals surface area contributed by atoms with Crippen molar-refractivity contribution in [2.24, 2.45) is 0 Å². The number of hydrogen-bond donors (Lipinski definition) is 3. The van der Waals surface area contributed by atoms with Gasteiger partial charge in [-0.15, -0.1) is 11.8 Å². The molecular formula is C13H12FN3O3S. The van der Waals surface area contributed by atoms with E-state index in [1.165, 1.54) is 30.0 Å². The number of carbonyl (C=O) groups excluding carboxylic acids is 1. The van der Waals surface area contributed by atoms with E-state index < -0.39 is 5.97 Å². The predicted octanol–water partition coefficient (Wildman–Crippen LogP) is 2.37. The van der Waals surface area contributed by atoms with Crippen LogP contribution >= 0.6 is 11.8 Å². The molecule has 21 heavy (non-hydrogen) atoms. The summed E-state index contributed by atoms with van der Waals surface area (Å²) >= 11 is 1.43. The van der Waals surface area contributed by atoms with E-state index in [4.69, 9.17) is 5.11 Å². The average molecular weight is 309 g/mol. The number of hydrogen-bond acceptors (Lipinski definition) is 4. The lowest BCUT2D eigenvalue weighted by Gasteiger charge is -2.02. The van der Waals surface area contributed by atoms with Gasteiger partial charge in [-0.3, -0.25) is 9.89 Å². The van der Waals surface area contributed by atoms with Crippen LogP contribution in [0.15, 0.2) is 35.2 Å². The third kappa shape index (κ3) is 4.60. The van der Waals surface area contributed by atoms with Gasteiger partial charge in [-0.1, -0.05) is 0 Å². The first-order valence-electron chi connectivity index (χ1n) is 6.01. The number of benzene rings is 1. The topological polar surface area (TPSA) is 95.1 Å². The van der Waals surface area contributed by atoms with Crippen LogP contribution in [0.1, 0.15) is 16.9 Å². The SMILES string of the molecule is O=C(CCSc1ccc(F)cc1)Nc1cc(C(=O)O)[nH]n1. The van der Waals surface area contributed by atoms with Gasteiger partial charge in [0.1, 0.15) is 11.5 Å². The van der Waals surface area contributed by atoms with Crippen LogP contribution in [-0.2, 0) is 4.79 Å². The molecule has 0 aliphatic rings. The molecular weight excluding hydrogens is 297 g/mol. The number of aromatic nitrogens is 2. The standard InChI is InChI=1S/C13H12FN3O3S/c14-8-1-3-9(4-2-8)21-6-5-12(18)15-11-7-10(13(19)20)16-17-11/h1-4,7H,5-6H2,(H,19,20)(H2,15,16,17,18). The zero-order valence-corrected chi connectivity index (χ0v) is 11.6. The number of thioether (sulfide) groups is 1. The number of carbonyl (C=O) groups is 2. The first-order chi connectivity index (χ1) is 10.0. The van der Waals surface area contributed by atoms with E-state index >= 15 is 0 Å². The number of amides is 1. The van der Waals surface area contributed by atoms with Gasteiger partial charge in [0.25, 0.3) is 0 Å². The summed E-state index contributed by atoms with van der Waals surface area (Å²) in [6.07, 6.45) is 0.233. The Balaban J connectivity index is 1.76. The smallest absolute Gasteiger partial charge is 0.353 e. The predicted molar refractivity (Wildman–Crippen MR) is 75.9 cm³/mol. The van der Waals surface area contributed by atoms with Crippen molar-refractivity contribution in [1.29, 1.82) is 0 Å². The van der Waals surface area contributed by atoms with Crippen LogP contribution in [0.25, 0.3) is 0 Å². The van der Waals surface area contributed by atoms with Crippen LogP contribution in [0, 0.1) is 5.82 Å². The summed E-state index contributed by atoms with van der Waals surface area (Å²) in [6, 6.07) is 7.25. The Labute approximate surface area is 123 Å². The Kier molecular flexibility index (Phi) is 4.94. The van der Waals surface area contributed by atoms with Crippen molar-refractivity contribution in [3.8, 4) is 0 Å². The normalized spacial score (nSPS) is 10.3. The van der Waals surface area contributed by atoms with E-state index in [1.807, 2.05) is 0 Å². The molecule has 0 radical (unpaired) electrons. The summed E-state index contributed by atoms with van der Waals surface area (Å²) in [5, 5.41) is 17.2. The third-order valence-electron chi connectivity index (χ3n) is 2.49. The maximum Gasteiger partial charge on any atom is 0.353 e. The number of carboxylic acid groups (broad SMARTS) is 1. The lowest BCUT2D eigenvalue weighted by atomic mass is 10.4. The van der Waals surface area contributed by atoms with Crippen molar-refractivity contribution in [2.45, 2.75) is 11.3 Å². The number of nitrogens with zero attached hydrogens (tertiary/aromatic N) is 1. The summed E-state index contributed by atoms with van der Waals surface area (Å²) in [5.41, 5.74) is -0.0917. The molecule has 0 unspecified atom stereocenters. The number of anilines is 1. The molecule has 1 heterocycles. The number of aromatic carboxylic acids is 1. The first kappa shape index (κ1) is 15.0. The number of aromatic amines is 1. The molecule has 3 N–H and O–H groups in total. The van der Waals surface area contributed by atoms with Gasteiger partial charge >= 0.3 is 5.97 Å². The zero-order valence-electron chi connectivity index (χ0n) is 10.8. The molecule has 1 aromatic carbocycles. The largest absolute Gasteiger partial charge is 0.477 e. The minimum atomic E-state index is -1.14. The van der Waals surface area contributed by atoms with Crippen molar-refractivity contribution in [1.82, 2.24) is 10.2 Å². The fourth-order valence-electron chi connectivity index (χ4n) is 1.49. The molecule has 0 aliphatic heterocycles. The lowest BCUT2D eigenvalue weighted by Crippen LogP contribution is -2.12. The van der Waals surface area contributed by atoms with Gasteiger partial charge < -0.3 is 10.4 Å². The fourth-order valence-corrected chi connectivity index (χ4v) is 2.34. The summed E-state index contributed by atoms with van der Waals surface area (Å²) in [7, 11) is 0. The highest BCUT2D eigenvalue weighted by molar-refractivity contribution is 7.99. The summed E-state index contributed by atoms with van der Waals surface area (Å²) in [4.78, 5) is 23.2. The maximum absolute atomic E-state index is 12.7. The highest BCUT2D eigenvalue weighted by atomic mass is 32.2. The van der Waals surface area contributed by atoms with Crippen LogP contribution in [0.3, 0.4) is 0 Å². The summed E-state index contributed by atoms with van der Waals surface area (Å²) in [5.74, 6) is -1.02. The summed E-state index contributed by atoms with van der Waals surface area (Å²) < 4.78 is 12.7. The van der Waals surface area contributed by atoms with E-state index in [0.717, 1.165) is 4.90 Å². The molecule has 0 bridgehead atoms. The molecule has 0 saturated heterocycles. The Morgan fingerprint density at radius 1 is 1.33 bits per heavy atom. The average Bonchev–Trinajstić information content (AvgIpc) is 2.90. The van der Waals surface area contributed by atoms with E-state index in [0.29, 0.717) is 5.75 Å². The van der Waals surface area contributed by atoms with Crippen molar-refractivity contribution >= 4 is 29.5 Å². The van der Waals surface area contributed by atoms with Gasteiger partial charge in [-0.05, 0) is 24.3 Å². The third-order valence-corrected chi connectivity index (χ3v) is 3.50. The molecule has 1 amide bonds. The molecule has 1 aromatic heterocycles. The van der Waals surface area contributed by atoms with Gasteiger partial charge in [-0.25, -0.2) is 9.18 Å². The molecule has 8 heteroatoms. The Hall–Kier alpha value is -2.35. The maximum atomic E-state index is 12.7. The van der Waals surface area contributed by atoms with Crippen molar-refractivity contribution in [3.63, 3.8) is 0 Å². The minimum Gasteiger partial charge on any atom is -0.477 e. The van der Waals surface area contributed by atoms with Gasteiger partial charge in [-0.2, -0.15) is 5.10 Å². The minimum absolute atomic E-state index is 0.0917. The molecule has 0 aliphatic carbocycles. The molecule has 6 nitrogen and oxygen atoms in total. The summed E-state index contributed by atoms with van der Waals surface area (Å²) in [6.45, 7) is 0. The quantitative estimate of drug-likeness (QED) is 0.712. The Morgan fingerprint density at radius 3 is 2.67 bits per heavy atom. The van der Waals surface area contributed by atoms with Crippen LogP contribution < -0.4 is 5.32 Å². The van der Waals surface area contributed by atoms with Crippen LogP contribution in [0.4, 0.5) is 10.2 Å². The lowest BCUT2D eigenvalue weighted by molar-refractivity contribution is -0.115. The van der Waals surface area contributed by atoms with E-state index in [-0.39, 0.29) is 29.7 Å². The molecule has 110 valence electrons. The number of carboxylic acids is 1. The van der Waals surface area contributed by atoms with Crippen molar-refractivity contribution < 1.29 is 19.1 Å². The molecule has 0 spiro atoms. The van der Waals surface area contributed by atoms with Crippen molar-refractivity contribution in [3.05, 3.63) is 41.8 Å². The second kappa shape index (κ2) is 6.89. The van der Waals surface area contributed by atoms with Crippen LogP contribution in [-0.4, -0.2) is 32.9 Å². The van der Waals surface area contributed by atoms with E-state index in [2.05, 4.69) is 15.5 Å². The molecule has 0 atom stereocenters. The Morgan fingerprint density at radius 2 is 2.05 bits per heavy atom. The highest BCUT2D eigenvalue weighted by Gasteiger charge is 2.10. The van der Waals surface area contributed by atoms with Gasteiger partial charge in [0, 0.05) is 23.1 Å². The van der Waals surface area contributed by atoms with Gasteiger partial charge in [0.2, 0.25) is 5.91 Å². The molecule has 0 saturated carbocycles.